The molecule has 24 heavy (non-hydrogen) atoms. The second-order valence-corrected chi connectivity index (χ2v) is 6.66. The van der Waals surface area contributed by atoms with E-state index in [0.29, 0.717) is 22.9 Å². The summed E-state index contributed by atoms with van der Waals surface area (Å²) in [5.74, 6) is 3.47. The largest absolute Gasteiger partial charge is 0.439 e. The van der Waals surface area contributed by atoms with E-state index >= 15 is 0 Å². The van der Waals surface area contributed by atoms with Crippen LogP contribution in [-0.2, 0) is 16.4 Å². The molecule has 0 atom stereocenters. The van der Waals surface area contributed by atoms with Crippen molar-refractivity contribution in [3.8, 4) is 34.9 Å². The lowest BCUT2D eigenvalue weighted by atomic mass is 10.1. The Labute approximate surface area is 140 Å². The molecule has 0 aliphatic heterocycles. The molecule has 0 amide bonds. The second kappa shape index (κ2) is 6.32. The molecule has 0 spiro atoms. The van der Waals surface area contributed by atoms with Gasteiger partial charge in [0.1, 0.15) is 5.69 Å². The topological polar surface area (TPSA) is 86.2 Å². The highest BCUT2D eigenvalue weighted by molar-refractivity contribution is 7.89. The zero-order valence-electron chi connectivity index (χ0n) is 12.6. The number of terminal acetylenes is 1. The molecule has 2 aromatic carbocycles. The third-order valence-electron chi connectivity index (χ3n) is 3.42. The number of rotatable bonds is 4. The molecule has 6 heteroatoms. The van der Waals surface area contributed by atoms with Crippen LogP contribution < -0.4 is 5.14 Å². The Bertz CT molecular complexity index is 999. The molecule has 0 aliphatic carbocycles. The fourth-order valence-corrected chi connectivity index (χ4v) is 2.83. The predicted octanol–water partition coefficient (Wildman–Crippen LogP) is 2.83. The van der Waals surface area contributed by atoms with Gasteiger partial charge in [0.15, 0.2) is 5.76 Å². The number of hydrogen-bond acceptors (Lipinski definition) is 4. The summed E-state index contributed by atoms with van der Waals surface area (Å²) in [6, 6.07) is 15.7. The molecule has 0 saturated heterocycles. The highest BCUT2D eigenvalue weighted by Gasteiger charge is 2.17. The average molecular weight is 338 g/mol. The Kier molecular flexibility index (Phi) is 4.21. The smallest absolute Gasteiger partial charge is 0.238 e. The van der Waals surface area contributed by atoms with Crippen LogP contribution in [0.4, 0.5) is 0 Å². The molecular formula is C18H14N2O3S. The fraction of sp³-hybridized carbons (Fsp3) is 0.0556. The lowest BCUT2D eigenvalue weighted by Crippen LogP contribution is -2.11. The van der Waals surface area contributed by atoms with Gasteiger partial charge in [0.25, 0.3) is 0 Å². The molecule has 0 saturated carbocycles. The van der Waals surface area contributed by atoms with Gasteiger partial charge in [-0.1, -0.05) is 36.3 Å². The highest BCUT2D eigenvalue weighted by atomic mass is 32.2. The second-order valence-electron chi connectivity index (χ2n) is 5.10. The Morgan fingerprint density at radius 2 is 1.71 bits per heavy atom. The van der Waals surface area contributed by atoms with Crippen molar-refractivity contribution in [3.63, 3.8) is 0 Å². The molecule has 5 nitrogen and oxygen atoms in total. The van der Waals surface area contributed by atoms with Crippen molar-refractivity contribution in [1.29, 1.82) is 0 Å². The summed E-state index contributed by atoms with van der Waals surface area (Å²) < 4.78 is 28.5. The van der Waals surface area contributed by atoms with Crippen molar-refractivity contribution in [3.05, 3.63) is 60.5 Å². The van der Waals surface area contributed by atoms with E-state index in [1.165, 1.54) is 12.1 Å². The van der Waals surface area contributed by atoms with Crippen LogP contribution in [0, 0.1) is 12.3 Å². The number of oxazole rings is 1. The van der Waals surface area contributed by atoms with Crippen molar-refractivity contribution in [2.45, 2.75) is 11.3 Å². The molecule has 1 heterocycles. The predicted molar refractivity (Wildman–Crippen MR) is 91.3 cm³/mol. The summed E-state index contributed by atoms with van der Waals surface area (Å²) in [5.41, 5.74) is 2.23. The van der Waals surface area contributed by atoms with Gasteiger partial charge >= 0.3 is 0 Å². The van der Waals surface area contributed by atoms with Gasteiger partial charge < -0.3 is 4.42 Å². The molecular weight excluding hydrogens is 324 g/mol. The molecule has 0 radical (unpaired) electrons. The summed E-state index contributed by atoms with van der Waals surface area (Å²) in [6.07, 6.45) is 5.61. The summed E-state index contributed by atoms with van der Waals surface area (Å²) >= 11 is 0. The van der Waals surface area contributed by atoms with E-state index in [2.05, 4.69) is 10.9 Å². The summed E-state index contributed by atoms with van der Waals surface area (Å²) in [5, 5.41) is 5.12. The number of sulfonamides is 1. The maximum Gasteiger partial charge on any atom is 0.238 e. The molecule has 0 fully saturated rings. The number of hydrogen-bond donors (Lipinski definition) is 1. The van der Waals surface area contributed by atoms with Gasteiger partial charge in [-0.2, -0.15) is 0 Å². The van der Waals surface area contributed by atoms with Crippen LogP contribution in [0.1, 0.15) is 5.89 Å². The Hall–Kier alpha value is -2.88. The molecule has 0 aliphatic rings. The van der Waals surface area contributed by atoms with Gasteiger partial charge in [0, 0.05) is 11.1 Å². The lowest BCUT2D eigenvalue weighted by molar-refractivity contribution is 0.524. The number of benzene rings is 2. The Morgan fingerprint density at radius 1 is 1.04 bits per heavy atom. The minimum atomic E-state index is -3.74. The van der Waals surface area contributed by atoms with E-state index in [1.54, 1.807) is 12.1 Å². The molecule has 120 valence electrons. The van der Waals surface area contributed by atoms with E-state index in [-0.39, 0.29) is 11.3 Å². The van der Waals surface area contributed by atoms with Gasteiger partial charge in [-0.15, -0.1) is 6.42 Å². The van der Waals surface area contributed by atoms with Gasteiger partial charge in [-0.3, -0.25) is 0 Å². The van der Waals surface area contributed by atoms with Crippen LogP contribution >= 0.6 is 0 Å². The monoisotopic (exact) mass is 338 g/mol. The van der Waals surface area contributed by atoms with Crippen LogP contribution in [0.25, 0.3) is 22.6 Å². The Balaban J connectivity index is 2.11. The number of primary sulfonamides is 1. The summed E-state index contributed by atoms with van der Waals surface area (Å²) in [6.45, 7) is 0. The first-order chi connectivity index (χ1) is 11.5. The van der Waals surface area contributed by atoms with E-state index in [4.69, 9.17) is 16.0 Å². The third kappa shape index (κ3) is 3.23. The average Bonchev–Trinajstić information content (AvgIpc) is 2.99. The van der Waals surface area contributed by atoms with E-state index < -0.39 is 10.0 Å². The first kappa shape index (κ1) is 16.0. The fourth-order valence-electron chi connectivity index (χ4n) is 2.31. The van der Waals surface area contributed by atoms with Crippen LogP contribution in [0.5, 0.6) is 0 Å². The van der Waals surface area contributed by atoms with E-state index in [9.17, 15) is 8.42 Å². The third-order valence-corrected chi connectivity index (χ3v) is 4.35. The molecule has 1 aromatic heterocycles. The number of aromatic nitrogens is 1. The van der Waals surface area contributed by atoms with Gasteiger partial charge in [-0.05, 0) is 24.3 Å². The standard InChI is InChI=1S/C18H14N2O3S/c1-2-6-16-20-17(13-7-4-3-5-8-13)18(23-16)14-9-11-15(12-10-14)24(19,21)22/h1,3-5,7-12H,6H2,(H2,19,21,22). The van der Waals surface area contributed by atoms with Crippen molar-refractivity contribution in [2.75, 3.05) is 0 Å². The summed E-state index contributed by atoms with van der Waals surface area (Å²) in [7, 11) is -3.74. The highest BCUT2D eigenvalue weighted by Crippen LogP contribution is 2.33. The minimum Gasteiger partial charge on any atom is -0.439 e. The normalized spacial score (nSPS) is 11.2. The van der Waals surface area contributed by atoms with Gasteiger partial charge in [-0.25, -0.2) is 18.5 Å². The van der Waals surface area contributed by atoms with Crippen LogP contribution in [0.15, 0.2) is 63.9 Å². The van der Waals surface area contributed by atoms with Crippen LogP contribution in [0.3, 0.4) is 0 Å². The molecule has 2 N–H and O–H groups in total. The van der Waals surface area contributed by atoms with Crippen molar-refractivity contribution >= 4 is 10.0 Å². The van der Waals surface area contributed by atoms with Gasteiger partial charge in [0.05, 0.1) is 11.3 Å². The maximum absolute atomic E-state index is 11.4. The number of nitrogens with zero attached hydrogens (tertiary/aromatic N) is 1. The van der Waals surface area contributed by atoms with Crippen molar-refractivity contribution in [2.24, 2.45) is 5.14 Å². The van der Waals surface area contributed by atoms with Crippen molar-refractivity contribution < 1.29 is 12.8 Å². The van der Waals surface area contributed by atoms with E-state index in [0.717, 1.165) is 5.56 Å². The maximum atomic E-state index is 11.4. The molecule has 3 rings (SSSR count). The Morgan fingerprint density at radius 3 is 2.29 bits per heavy atom. The molecule has 3 aromatic rings. The lowest BCUT2D eigenvalue weighted by Gasteiger charge is -2.03. The van der Waals surface area contributed by atoms with Crippen molar-refractivity contribution in [1.82, 2.24) is 4.98 Å². The first-order valence-corrected chi connectivity index (χ1v) is 8.65. The quantitative estimate of drug-likeness (QED) is 0.741. The van der Waals surface area contributed by atoms with Gasteiger partial charge in [0.2, 0.25) is 15.9 Å². The van der Waals surface area contributed by atoms with E-state index in [1.807, 2.05) is 30.3 Å². The molecule has 0 bridgehead atoms. The number of nitrogens with two attached hydrogens (primary N) is 1. The molecule has 0 unspecified atom stereocenters. The SMILES string of the molecule is C#CCc1nc(-c2ccccc2)c(-c2ccc(S(N)(=O)=O)cc2)o1. The zero-order valence-corrected chi connectivity index (χ0v) is 13.5. The van der Waals surface area contributed by atoms with Crippen LogP contribution in [0.2, 0.25) is 0 Å². The summed E-state index contributed by atoms with van der Waals surface area (Å²) in [4.78, 5) is 4.50. The first-order valence-electron chi connectivity index (χ1n) is 7.11. The zero-order chi connectivity index (χ0) is 17.2. The minimum absolute atomic E-state index is 0.0378. The van der Waals surface area contributed by atoms with Crippen LogP contribution in [-0.4, -0.2) is 13.4 Å².